The van der Waals surface area contributed by atoms with Crippen molar-refractivity contribution in [3.63, 3.8) is 0 Å². The number of nitrogens with one attached hydrogen (secondary N) is 1. The van der Waals surface area contributed by atoms with Crippen molar-refractivity contribution in [2.24, 2.45) is 4.99 Å². The second-order valence-corrected chi connectivity index (χ2v) is 8.92. The van der Waals surface area contributed by atoms with E-state index in [0.717, 1.165) is 0 Å². The minimum atomic E-state index is -5.22. The van der Waals surface area contributed by atoms with Crippen LogP contribution in [-0.4, -0.2) is 5.84 Å². The van der Waals surface area contributed by atoms with Crippen LogP contribution >= 0.6 is 0 Å². The number of aryl methyl sites for hydroxylation is 3. The lowest BCUT2D eigenvalue weighted by Crippen LogP contribution is -2.19. The van der Waals surface area contributed by atoms with Gasteiger partial charge >= 0.3 is 24.7 Å². The van der Waals surface area contributed by atoms with E-state index in [1.54, 1.807) is 19.1 Å². The van der Waals surface area contributed by atoms with Crippen LogP contribution in [0, 0.1) is 20.8 Å². The number of nitrogens with zero attached hydrogens (tertiary/aromatic N) is 1. The molecule has 0 aliphatic heterocycles. The summed E-state index contributed by atoms with van der Waals surface area (Å²) in [6.07, 6.45) is -20.9. The highest BCUT2D eigenvalue weighted by molar-refractivity contribution is 6.11. The zero-order valence-corrected chi connectivity index (χ0v) is 20.6. The van der Waals surface area contributed by atoms with Crippen LogP contribution < -0.4 is 5.32 Å². The predicted molar refractivity (Wildman–Crippen MR) is 123 cm³/mol. The van der Waals surface area contributed by atoms with Gasteiger partial charge in [0.15, 0.2) is 0 Å². The number of rotatable bonds is 3. The summed E-state index contributed by atoms with van der Waals surface area (Å²) in [7, 11) is 0. The zero-order valence-electron chi connectivity index (χ0n) is 20.6. The summed E-state index contributed by atoms with van der Waals surface area (Å²) in [5, 5.41) is 2.27. The summed E-state index contributed by atoms with van der Waals surface area (Å²) in [4.78, 5) is 3.85. The number of aliphatic imine (C=N–C) groups is 1. The lowest BCUT2D eigenvalue weighted by molar-refractivity contribution is -0.144. The molecular formula is C26H18F12N2. The molecule has 40 heavy (non-hydrogen) atoms. The number of benzene rings is 3. The topological polar surface area (TPSA) is 24.4 Å². The lowest BCUT2D eigenvalue weighted by Gasteiger charge is -2.19. The van der Waals surface area contributed by atoms with Crippen LogP contribution in [0.25, 0.3) is 0 Å². The van der Waals surface area contributed by atoms with E-state index in [-0.39, 0.29) is 29.8 Å². The van der Waals surface area contributed by atoms with Crippen molar-refractivity contribution in [1.82, 2.24) is 0 Å². The molecule has 3 aromatic carbocycles. The third kappa shape index (κ3) is 7.27. The molecule has 0 fully saturated rings. The zero-order chi connectivity index (χ0) is 30.4. The van der Waals surface area contributed by atoms with Gasteiger partial charge in [-0.25, -0.2) is 4.99 Å². The first-order valence-electron chi connectivity index (χ1n) is 11.1. The van der Waals surface area contributed by atoms with E-state index >= 15 is 0 Å². The molecule has 0 atom stereocenters. The van der Waals surface area contributed by atoms with E-state index in [1.165, 1.54) is 13.8 Å². The largest absolute Gasteiger partial charge is 0.416 e. The number of alkyl halides is 12. The minimum Gasteiger partial charge on any atom is -0.340 e. The Labute approximate surface area is 219 Å². The Morgan fingerprint density at radius 3 is 1.23 bits per heavy atom. The molecule has 0 radical (unpaired) electrons. The Morgan fingerprint density at radius 2 is 0.875 bits per heavy atom. The van der Waals surface area contributed by atoms with E-state index in [4.69, 9.17) is 0 Å². The number of anilines is 1. The van der Waals surface area contributed by atoms with Gasteiger partial charge in [0.05, 0.1) is 27.9 Å². The van der Waals surface area contributed by atoms with Crippen LogP contribution in [0.2, 0.25) is 0 Å². The van der Waals surface area contributed by atoms with Crippen molar-refractivity contribution >= 4 is 17.2 Å². The van der Waals surface area contributed by atoms with Crippen LogP contribution in [0.1, 0.15) is 44.5 Å². The van der Waals surface area contributed by atoms with Gasteiger partial charge in [0, 0.05) is 11.3 Å². The first-order chi connectivity index (χ1) is 18.1. The molecule has 0 saturated heterocycles. The maximum absolute atomic E-state index is 13.4. The van der Waals surface area contributed by atoms with Crippen molar-refractivity contribution in [2.75, 3.05) is 5.32 Å². The Kier molecular flexibility index (Phi) is 7.98. The molecule has 0 bridgehead atoms. The molecule has 216 valence electrons. The third-order valence-electron chi connectivity index (χ3n) is 5.58. The minimum absolute atomic E-state index is 0.0440. The maximum atomic E-state index is 13.4. The highest BCUT2D eigenvalue weighted by Crippen LogP contribution is 2.40. The second kappa shape index (κ2) is 10.4. The van der Waals surface area contributed by atoms with Crippen LogP contribution in [0.3, 0.4) is 0 Å². The number of amidine groups is 1. The fourth-order valence-electron chi connectivity index (χ4n) is 4.00. The first-order valence-corrected chi connectivity index (χ1v) is 11.1. The summed E-state index contributed by atoms with van der Waals surface area (Å²) in [6, 6.07) is 4.00. The smallest absolute Gasteiger partial charge is 0.340 e. The van der Waals surface area contributed by atoms with Crippen molar-refractivity contribution < 1.29 is 52.7 Å². The molecule has 0 unspecified atom stereocenters. The van der Waals surface area contributed by atoms with E-state index in [1.807, 2.05) is 0 Å². The summed E-state index contributed by atoms with van der Waals surface area (Å²) in [6.45, 7) is 4.62. The van der Waals surface area contributed by atoms with Crippen molar-refractivity contribution in [3.05, 3.63) is 93.0 Å². The maximum Gasteiger partial charge on any atom is 0.416 e. The Hall–Kier alpha value is -3.71. The Balaban J connectivity index is 2.34. The molecule has 2 nitrogen and oxygen atoms in total. The quantitative estimate of drug-likeness (QED) is 0.184. The lowest BCUT2D eigenvalue weighted by atomic mass is 9.98. The van der Waals surface area contributed by atoms with Gasteiger partial charge in [0.25, 0.3) is 0 Å². The van der Waals surface area contributed by atoms with Gasteiger partial charge in [-0.1, -0.05) is 17.7 Å². The summed E-state index contributed by atoms with van der Waals surface area (Å²) >= 11 is 0. The van der Waals surface area contributed by atoms with Gasteiger partial charge in [0.1, 0.15) is 5.84 Å². The van der Waals surface area contributed by atoms with Crippen LogP contribution in [-0.2, 0) is 24.7 Å². The highest BCUT2D eigenvalue weighted by atomic mass is 19.4. The molecule has 3 aromatic rings. The van der Waals surface area contributed by atoms with Gasteiger partial charge in [-0.2, -0.15) is 52.7 Å². The summed E-state index contributed by atoms with van der Waals surface area (Å²) in [5.41, 5.74) is -7.11. The molecule has 14 heteroatoms. The van der Waals surface area contributed by atoms with Crippen molar-refractivity contribution in [2.45, 2.75) is 45.5 Å². The number of hydrogen-bond acceptors (Lipinski definition) is 1. The van der Waals surface area contributed by atoms with Gasteiger partial charge in [-0.05, 0) is 68.3 Å². The molecule has 0 aromatic heterocycles. The molecule has 1 N–H and O–H groups in total. The number of hydrogen-bond donors (Lipinski definition) is 1. The second-order valence-electron chi connectivity index (χ2n) is 8.92. The van der Waals surface area contributed by atoms with E-state index in [0.29, 0.717) is 28.8 Å². The fraction of sp³-hybridized carbons (Fsp3) is 0.269. The van der Waals surface area contributed by atoms with E-state index in [2.05, 4.69) is 10.3 Å². The Morgan fingerprint density at radius 1 is 0.525 bits per heavy atom. The first kappa shape index (κ1) is 30.8. The van der Waals surface area contributed by atoms with E-state index < -0.39 is 64.2 Å². The average Bonchev–Trinajstić information content (AvgIpc) is 2.75. The summed E-state index contributed by atoms with van der Waals surface area (Å²) in [5.74, 6) is -0.574. The predicted octanol–water partition coefficient (Wildman–Crippen LogP) is 9.88. The molecular weight excluding hydrogens is 568 g/mol. The van der Waals surface area contributed by atoms with Gasteiger partial charge < -0.3 is 5.32 Å². The van der Waals surface area contributed by atoms with Gasteiger partial charge in [-0.3, -0.25) is 0 Å². The normalized spacial score (nSPS) is 13.5. The average molecular weight is 586 g/mol. The molecule has 0 aliphatic carbocycles. The molecule has 0 spiro atoms. The SMILES string of the molecule is Cc1cc(C)c(C(=Nc2cc(C(F)(F)F)cc(C(F)(F)F)c2)Nc2cc(C(F)(F)F)cc(C(F)(F)F)c2)c(C)c1. The molecule has 0 saturated carbocycles. The summed E-state index contributed by atoms with van der Waals surface area (Å²) < 4.78 is 161. The fourth-order valence-corrected chi connectivity index (χ4v) is 4.00. The number of halogens is 12. The van der Waals surface area contributed by atoms with Crippen molar-refractivity contribution in [1.29, 1.82) is 0 Å². The van der Waals surface area contributed by atoms with E-state index in [9.17, 15) is 52.7 Å². The van der Waals surface area contributed by atoms with Crippen LogP contribution in [0.4, 0.5) is 64.1 Å². The third-order valence-corrected chi connectivity index (χ3v) is 5.58. The van der Waals surface area contributed by atoms with Crippen LogP contribution in [0.15, 0.2) is 53.5 Å². The van der Waals surface area contributed by atoms with Gasteiger partial charge in [-0.15, -0.1) is 0 Å². The van der Waals surface area contributed by atoms with Crippen LogP contribution in [0.5, 0.6) is 0 Å². The standard InChI is InChI=1S/C26H18F12N2/c1-12-4-13(2)21(14(3)5-12)22(39-19-8-15(23(27,28)29)6-16(9-19)24(30,31)32)40-20-10-17(25(33,34)35)7-18(11-20)26(36,37)38/h4-11H,1-3H3,(H,39,40). The molecule has 0 heterocycles. The molecule has 0 aliphatic rings. The van der Waals surface area contributed by atoms with Crippen molar-refractivity contribution in [3.8, 4) is 0 Å². The highest BCUT2D eigenvalue weighted by Gasteiger charge is 2.38. The van der Waals surface area contributed by atoms with Gasteiger partial charge in [0.2, 0.25) is 0 Å². The molecule has 0 amide bonds. The monoisotopic (exact) mass is 586 g/mol. The molecule has 3 rings (SSSR count). The Bertz CT molecular complexity index is 1350.